The molecule has 2 rings (SSSR count). The molecule has 210 valence electrons. The number of aliphatic carboxylic acids is 2. The highest BCUT2D eigenvalue weighted by Crippen LogP contribution is 2.55. The van der Waals surface area contributed by atoms with Crippen LogP contribution in [0.4, 0.5) is 0 Å². The van der Waals surface area contributed by atoms with Gasteiger partial charge in [-0.2, -0.15) is 0 Å². The molecule has 0 bridgehead atoms. The third-order valence-electron chi connectivity index (χ3n) is 5.38. The fraction of sp³-hybridized carbons (Fsp3) is 0.300. The summed E-state index contributed by atoms with van der Waals surface area (Å²) in [6.07, 6.45) is 0. The Morgan fingerprint density at radius 3 is 1.76 bits per heavy atom. The van der Waals surface area contributed by atoms with Crippen molar-refractivity contribution in [2.24, 2.45) is 11.5 Å². The van der Waals surface area contributed by atoms with E-state index in [4.69, 9.17) is 26.3 Å². The predicted molar refractivity (Wildman–Crippen MR) is 120 cm³/mol. The summed E-state index contributed by atoms with van der Waals surface area (Å²) in [6, 6.07) is -5.68. The van der Waals surface area contributed by atoms with Crippen LogP contribution < -0.4 is 21.2 Å². The summed E-state index contributed by atoms with van der Waals surface area (Å²) >= 11 is 0. The molecule has 2 aromatic carbocycles. The lowest BCUT2D eigenvalue weighted by Gasteiger charge is -2.30. The zero-order valence-corrected chi connectivity index (χ0v) is 19.5. The van der Waals surface area contributed by atoms with Gasteiger partial charge in [-0.15, -0.1) is 0 Å². The summed E-state index contributed by atoms with van der Waals surface area (Å²) in [5, 5.41) is 110. The van der Waals surface area contributed by atoms with Crippen molar-refractivity contribution in [3.05, 3.63) is 17.2 Å². The molecule has 18 nitrogen and oxygen atoms in total. The van der Waals surface area contributed by atoms with Crippen molar-refractivity contribution in [2.75, 3.05) is 14.1 Å². The molecule has 0 saturated carbocycles. The second kappa shape index (κ2) is 10.4. The van der Waals surface area contributed by atoms with Crippen LogP contribution in [-0.4, -0.2) is 99.2 Å². The number of nitrogens with two attached hydrogens (primary N) is 2. The Hall–Kier alpha value is -4.62. The average Bonchev–Trinajstić information content (AvgIpc) is 2.83. The Bertz CT molecular complexity index is 1260. The molecule has 0 aliphatic heterocycles. The van der Waals surface area contributed by atoms with E-state index in [1.165, 1.54) is 14.1 Å². The molecule has 0 aliphatic rings. The monoisotopic (exact) mass is 547 g/mol. The van der Waals surface area contributed by atoms with Gasteiger partial charge in [-0.1, -0.05) is 0 Å². The molecular formula is C20H25N3O15. The summed E-state index contributed by atoms with van der Waals surface area (Å²) in [5.74, 6) is -19.0. The van der Waals surface area contributed by atoms with Crippen LogP contribution in [0.5, 0.6) is 51.7 Å². The highest BCUT2D eigenvalue weighted by Gasteiger charge is 2.44. The van der Waals surface area contributed by atoms with Gasteiger partial charge in [-0.3, -0.25) is 19.4 Å². The first-order chi connectivity index (χ1) is 17.4. The van der Waals surface area contributed by atoms with Crippen LogP contribution in [-0.2, 0) is 15.4 Å². The summed E-state index contributed by atoms with van der Waals surface area (Å²) in [7, 11) is 2.54. The van der Waals surface area contributed by atoms with E-state index in [9.17, 15) is 60.7 Å². The number of carboxylic acids is 2. The molecule has 0 fully saturated rings. The number of nitrogens with zero attached hydrogens (tertiary/aromatic N) is 1. The molecule has 0 saturated heterocycles. The highest BCUT2D eigenvalue weighted by molar-refractivity contribution is 5.77. The van der Waals surface area contributed by atoms with E-state index in [1.807, 2.05) is 0 Å². The van der Waals surface area contributed by atoms with Gasteiger partial charge in [-0.05, 0) is 20.2 Å². The van der Waals surface area contributed by atoms with Gasteiger partial charge >= 0.3 is 11.9 Å². The number of phenolic OH excluding ortho intramolecular Hbond substituents is 7. The number of phenols is 7. The number of aromatic hydroxyl groups is 7. The smallest absolute Gasteiger partial charge is 0.326 e. The molecule has 0 aromatic heterocycles. The minimum Gasteiger partial charge on any atom is -0.504 e. The topological polar surface area (TPSA) is 330 Å². The van der Waals surface area contributed by atoms with Gasteiger partial charge in [0.2, 0.25) is 34.5 Å². The number of aliphatic hydroxyl groups is 2. The van der Waals surface area contributed by atoms with E-state index in [0.29, 0.717) is 6.07 Å². The van der Waals surface area contributed by atoms with Gasteiger partial charge < -0.3 is 72.5 Å². The highest BCUT2D eigenvalue weighted by atomic mass is 17.2. The fourth-order valence-electron chi connectivity index (χ4n) is 3.35. The lowest BCUT2D eigenvalue weighted by molar-refractivity contribution is -0.198. The number of rotatable bonds is 10. The van der Waals surface area contributed by atoms with Crippen LogP contribution in [0.15, 0.2) is 6.07 Å². The molecule has 0 aliphatic carbocycles. The number of likely N-dealkylation sites (N-methyl/N-ethyl adjacent to an activating group) is 1. The number of carbonyl (C=O) groups is 2. The van der Waals surface area contributed by atoms with Gasteiger partial charge in [0, 0.05) is 0 Å². The first kappa shape index (κ1) is 29.6. The summed E-state index contributed by atoms with van der Waals surface area (Å²) in [5.41, 5.74) is 8.86. The minimum atomic E-state index is -3.58. The average molecular weight is 547 g/mol. The SMILES string of the molecule is CN(C)C(c1c(O)c(O)c(O)c(O)c1OOc1c(O)c(O)cc(C(O)(O)C(N)C(=O)O)c1O)C(N)C(=O)O. The Labute approximate surface area is 211 Å². The zero-order valence-electron chi connectivity index (χ0n) is 19.5. The van der Waals surface area contributed by atoms with Gasteiger partial charge in [0.15, 0.2) is 23.3 Å². The van der Waals surface area contributed by atoms with Crippen LogP contribution in [0.25, 0.3) is 0 Å². The molecule has 2 aromatic rings. The van der Waals surface area contributed by atoms with Crippen LogP contribution in [0.1, 0.15) is 17.2 Å². The van der Waals surface area contributed by atoms with Gasteiger partial charge in [0.05, 0.1) is 17.2 Å². The van der Waals surface area contributed by atoms with Crippen molar-refractivity contribution in [3.63, 3.8) is 0 Å². The first-order valence-corrected chi connectivity index (χ1v) is 10.1. The predicted octanol–water partition coefficient (Wildman–Crippen LogP) is -2.44. The van der Waals surface area contributed by atoms with Gasteiger partial charge in [-0.25, -0.2) is 0 Å². The van der Waals surface area contributed by atoms with E-state index in [-0.39, 0.29) is 0 Å². The zero-order chi connectivity index (χ0) is 29.4. The van der Waals surface area contributed by atoms with Crippen molar-refractivity contribution < 1.29 is 75.5 Å². The van der Waals surface area contributed by atoms with E-state index in [0.717, 1.165) is 4.90 Å². The lowest BCUT2D eigenvalue weighted by atomic mass is 9.95. The summed E-state index contributed by atoms with van der Waals surface area (Å²) in [4.78, 5) is 33.3. The molecule has 0 heterocycles. The maximum atomic E-state index is 11.5. The van der Waals surface area contributed by atoms with Crippen molar-refractivity contribution >= 4 is 11.9 Å². The molecule has 0 amide bonds. The van der Waals surface area contributed by atoms with Crippen LogP contribution in [0.2, 0.25) is 0 Å². The molecule has 15 N–H and O–H groups in total. The van der Waals surface area contributed by atoms with Crippen molar-refractivity contribution in [1.82, 2.24) is 4.90 Å². The third-order valence-corrected chi connectivity index (χ3v) is 5.38. The second-order valence-corrected chi connectivity index (χ2v) is 8.09. The summed E-state index contributed by atoms with van der Waals surface area (Å²) in [6.45, 7) is 0. The van der Waals surface area contributed by atoms with E-state index in [1.54, 1.807) is 0 Å². The molecule has 0 radical (unpaired) electrons. The third kappa shape index (κ3) is 4.96. The largest absolute Gasteiger partial charge is 0.504 e. The quantitative estimate of drug-likeness (QED) is 0.0483. The number of hydrogen-bond acceptors (Lipinski definition) is 16. The molecule has 3 unspecified atom stereocenters. The number of hydrogen-bond donors (Lipinski definition) is 13. The van der Waals surface area contributed by atoms with Crippen LogP contribution in [0.3, 0.4) is 0 Å². The Balaban J connectivity index is 2.75. The molecule has 3 atom stereocenters. The maximum Gasteiger partial charge on any atom is 0.326 e. The van der Waals surface area contributed by atoms with Crippen LogP contribution >= 0.6 is 0 Å². The van der Waals surface area contributed by atoms with Gasteiger partial charge in [0.1, 0.15) is 6.04 Å². The maximum absolute atomic E-state index is 11.5. The fourth-order valence-corrected chi connectivity index (χ4v) is 3.35. The van der Waals surface area contributed by atoms with E-state index < -0.39 is 98.7 Å². The Kier molecular flexibility index (Phi) is 8.10. The minimum absolute atomic E-state index is 0.329. The van der Waals surface area contributed by atoms with E-state index in [2.05, 4.69) is 0 Å². The molecule has 38 heavy (non-hydrogen) atoms. The molecular weight excluding hydrogens is 522 g/mol. The first-order valence-electron chi connectivity index (χ1n) is 10.1. The van der Waals surface area contributed by atoms with Crippen molar-refractivity contribution in [1.29, 1.82) is 0 Å². The number of benzene rings is 2. The Morgan fingerprint density at radius 2 is 1.29 bits per heavy atom. The standard InChI is InChI=1S/C20H25N3O15/c1-23(2)8(7(21)18(31)32)6-11(27)12(28)13(29)14(30)15(6)37-38-16-9(25)4(3-5(24)10(16)26)20(35,36)17(22)19(33)34/h3,7-8,17,24-30,35-36H,21-22H2,1-2H3,(H,31,32)(H,33,34). The second-order valence-electron chi connectivity index (χ2n) is 8.09. The normalized spacial score (nSPS) is 14.1. The lowest BCUT2D eigenvalue weighted by Crippen LogP contribution is -2.50. The summed E-state index contributed by atoms with van der Waals surface area (Å²) < 4.78 is 0. The number of carboxylic acid groups (broad SMARTS) is 2. The van der Waals surface area contributed by atoms with E-state index >= 15 is 0 Å². The van der Waals surface area contributed by atoms with Gasteiger partial charge in [0.25, 0.3) is 5.75 Å². The Morgan fingerprint density at radius 1 is 0.789 bits per heavy atom. The molecule has 0 spiro atoms. The van der Waals surface area contributed by atoms with Crippen molar-refractivity contribution in [3.8, 4) is 51.7 Å². The van der Waals surface area contributed by atoms with Crippen molar-refractivity contribution in [2.45, 2.75) is 23.9 Å². The molecule has 18 heteroatoms. The van der Waals surface area contributed by atoms with Crippen LogP contribution in [0, 0.1) is 0 Å².